The van der Waals surface area contributed by atoms with Gasteiger partial charge in [-0.2, -0.15) is 5.10 Å². The van der Waals surface area contributed by atoms with Crippen LogP contribution in [0.3, 0.4) is 0 Å². The summed E-state index contributed by atoms with van der Waals surface area (Å²) in [6, 6.07) is 4.95. The number of hydrogen-bond donors (Lipinski definition) is 3. The molecule has 20 heavy (non-hydrogen) atoms. The molecule has 0 radical (unpaired) electrons. The molecule has 1 aromatic carbocycles. The average molecular weight is 315 g/mol. The molecule has 0 fully saturated rings. The third kappa shape index (κ3) is 2.79. The van der Waals surface area contributed by atoms with Gasteiger partial charge in [-0.05, 0) is 31.5 Å². The van der Waals surface area contributed by atoms with E-state index in [1.165, 1.54) is 0 Å². The van der Waals surface area contributed by atoms with Crippen LogP contribution in [0.4, 0.5) is 5.69 Å². The van der Waals surface area contributed by atoms with Crippen LogP contribution in [0.15, 0.2) is 23.1 Å². The smallest absolute Gasteiger partial charge is 0.265 e. The number of aryl methyl sites for hydroxylation is 2. The lowest BCUT2D eigenvalue weighted by Crippen LogP contribution is -2.16. The van der Waals surface area contributed by atoms with Gasteiger partial charge in [-0.25, -0.2) is 8.42 Å². The van der Waals surface area contributed by atoms with E-state index in [9.17, 15) is 8.42 Å². The van der Waals surface area contributed by atoms with E-state index in [2.05, 4.69) is 14.9 Å². The minimum Gasteiger partial charge on any atom is -0.325 e. The lowest BCUT2D eigenvalue weighted by molar-refractivity contribution is 0.599. The number of rotatable bonds is 4. The molecule has 8 heteroatoms. The zero-order chi connectivity index (χ0) is 14.9. The highest BCUT2D eigenvalue weighted by atomic mass is 35.5. The largest absolute Gasteiger partial charge is 0.325 e. The highest BCUT2D eigenvalue weighted by Crippen LogP contribution is 2.24. The van der Waals surface area contributed by atoms with Gasteiger partial charge in [0, 0.05) is 11.6 Å². The van der Waals surface area contributed by atoms with E-state index in [4.69, 9.17) is 17.3 Å². The highest BCUT2D eigenvalue weighted by molar-refractivity contribution is 7.92. The van der Waals surface area contributed by atoms with Crippen molar-refractivity contribution in [3.63, 3.8) is 0 Å². The number of nitrogens with two attached hydrogens (primary N) is 1. The molecule has 0 bridgehead atoms. The fourth-order valence-electron chi connectivity index (χ4n) is 1.83. The van der Waals surface area contributed by atoms with Crippen molar-refractivity contribution in [3.05, 3.63) is 40.2 Å². The van der Waals surface area contributed by atoms with Crippen molar-refractivity contribution < 1.29 is 8.42 Å². The molecule has 6 nitrogen and oxygen atoms in total. The lowest BCUT2D eigenvalue weighted by atomic mass is 10.2. The van der Waals surface area contributed by atoms with E-state index in [0.717, 1.165) is 5.56 Å². The number of H-pyrrole nitrogens is 1. The van der Waals surface area contributed by atoms with Gasteiger partial charge in [-0.3, -0.25) is 9.82 Å². The summed E-state index contributed by atoms with van der Waals surface area (Å²) in [5.41, 5.74) is 7.51. The molecule has 0 aliphatic heterocycles. The van der Waals surface area contributed by atoms with Gasteiger partial charge < -0.3 is 5.73 Å². The predicted octanol–water partition coefficient (Wildman–Crippen LogP) is 1.94. The Labute approximate surface area is 122 Å². The minimum absolute atomic E-state index is 0.0369. The van der Waals surface area contributed by atoms with Gasteiger partial charge >= 0.3 is 0 Å². The molecule has 0 aliphatic carbocycles. The molecule has 0 spiro atoms. The van der Waals surface area contributed by atoms with Crippen LogP contribution in [0.1, 0.15) is 17.0 Å². The van der Waals surface area contributed by atoms with Crippen LogP contribution < -0.4 is 10.5 Å². The molecule has 0 saturated heterocycles. The first-order valence-electron chi connectivity index (χ1n) is 5.88. The molecule has 4 N–H and O–H groups in total. The SMILES string of the molecule is Cc1ccc(NS(=O)(=O)c2c(CN)n[nH]c2C)cc1Cl. The Kier molecular flexibility index (Phi) is 4.03. The molecule has 2 rings (SSSR count). The highest BCUT2D eigenvalue weighted by Gasteiger charge is 2.23. The molecule has 0 atom stereocenters. The van der Waals surface area contributed by atoms with E-state index in [1.54, 1.807) is 25.1 Å². The quantitative estimate of drug-likeness (QED) is 0.802. The Balaban J connectivity index is 2.40. The standard InChI is InChI=1S/C12H15ClN4O2S/c1-7-3-4-9(5-10(7)13)17-20(18,19)12-8(2)15-16-11(12)6-14/h3-5,17H,6,14H2,1-2H3,(H,15,16). The molecule has 0 amide bonds. The zero-order valence-corrected chi connectivity index (χ0v) is 12.6. The number of aromatic nitrogens is 2. The topological polar surface area (TPSA) is 101 Å². The first kappa shape index (κ1) is 14.8. The van der Waals surface area contributed by atoms with Crippen LogP contribution in [0.25, 0.3) is 0 Å². The summed E-state index contributed by atoms with van der Waals surface area (Å²) in [5.74, 6) is 0. The van der Waals surface area contributed by atoms with E-state index >= 15 is 0 Å². The Morgan fingerprint density at radius 1 is 1.40 bits per heavy atom. The average Bonchev–Trinajstić information content (AvgIpc) is 2.75. The maximum Gasteiger partial charge on any atom is 0.265 e. The second kappa shape index (κ2) is 5.43. The maximum atomic E-state index is 12.4. The van der Waals surface area contributed by atoms with Crippen molar-refractivity contribution in [1.82, 2.24) is 10.2 Å². The fourth-order valence-corrected chi connectivity index (χ4v) is 3.43. The summed E-state index contributed by atoms with van der Waals surface area (Å²) in [7, 11) is -3.76. The van der Waals surface area contributed by atoms with Crippen molar-refractivity contribution in [1.29, 1.82) is 0 Å². The number of nitrogens with one attached hydrogen (secondary N) is 2. The second-order valence-electron chi connectivity index (χ2n) is 4.40. The van der Waals surface area contributed by atoms with Gasteiger partial charge in [0.05, 0.1) is 17.1 Å². The molecule has 0 aliphatic rings. The molecule has 2 aromatic rings. The molecular weight excluding hydrogens is 300 g/mol. The van der Waals surface area contributed by atoms with E-state index in [-0.39, 0.29) is 11.4 Å². The summed E-state index contributed by atoms with van der Waals surface area (Å²) in [5, 5.41) is 7.00. The Hall–Kier alpha value is -1.57. The van der Waals surface area contributed by atoms with Crippen LogP contribution in [-0.4, -0.2) is 18.6 Å². The summed E-state index contributed by atoms with van der Waals surface area (Å²) in [4.78, 5) is 0.0803. The molecule has 1 heterocycles. The van der Waals surface area contributed by atoms with Crippen LogP contribution in [-0.2, 0) is 16.6 Å². The number of sulfonamides is 1. The van der Waals surface area contributed by atoms with Gasteiger partial charge in [0.15, 0.2) is 0 Å². The number of benzene rings is 1. The predicted molar refractivity (Wildman–Crippen MR) is 78.2 cm³/mol. The number of nitrogens with zero attached hydrogens (tertiary/aromatic N) is 1. The third-order valence-corrected chi connectivity index (χ3v) is 4.84. The first-order valence-corrected chi connectivity index (χ1v) is 7.74. The van der Waals surface area contributed by atoms with Gasteiger partial charge in [-0.1, -0.05) is 17.7 Å². The van der Waals surface area contributed by atoms with Crippen molar-refractivity contribution in [3.8, 4) is 0 Å². The van der Waals surface area contributed by atoms with E-state index in [1.807, 2.05) is 6.92 Å². The van der Waals surface area contributed by atoms with Crippen LogP contribution >= 0.6 is 11.6 Å². The maximum absolute atomic E-state index is 12.4. The number of hydrogen-bond acceptors (Lipinski definition) is 4. The van der Waals surface area contributed by atoms with Crippen LogP contribution in [0.5, 0.6) is 0 Å². The first-order chi connectivity index (χ1) is 9.35. The van der Waals surface area contributed by atoms with Crippen molar-refractivity contribution >= 4 is 27.3 Å². The van der Waals surface area contributed by atoms with Gasteiger partial charge in [0.2, 0.25) is 0 Å². The number of aromatic amines is 1. The molecule has 1 aromatic heterocycles. The molecule has 0 saturated carbocycles. The summed E-state index contributed by atoms with van der Waals surface area (Å²) in [6.45, 7) is 3.51. The van der Waals surface area contributed by atoms with E-state index in [0.29, 0.717) is 22.1 Å². The van der Waals surface area contributed by atoms with Gasteiger partial charge in [-0.15, -0.1) is 0 Å². The van der Waals surface area contributed by atoms with E-state index < -0.39 is 10.0 Å². The van der Waals surface area contributed by atoms with Crippen molar-refractivity contribution in [2.75, 3.05) is 4.72 Å². The second-order valence-corrected chi connectivity index (χ2v) is 6.42. The third-order valence-electron chi connectivity index (χ3n) is 2.85. The Bertz CT molecular complexity index is 740. The molecule has 108 valence electrons. The summed E-state index contributed by atoms with van der Waals surface area (Å²) < 4.78 is 27.3. The number of anilines is 1. The monoisotopic (exact) mass is 314 g/mol. The molecule has 0 unspecified atom stereocenters. The zero-order valence-electron chi connectivity index (χ0n) is 11.1. The molecular formula is C12H15ClN4O2S. The Morgan fingerprint density at radius 2 is 2.10 bits per heavy atom. The minimum atomic E-state index is -3.76. The Morgan fingerprint density at radius 3 is 2.70 bits per heavy atom. The van der Waals surface area contributed by atoms with Crippen molar-refractivity contribution in [2.45, 2.75) is 25.3 Å². The van der Waals surface area contributed by atoms with Crippen LogP contribution in [0, 0.1) is 13.8 Å². The lowest BCUT2D eigenvalue weighted by Gasteiger charge is -2.09. The number of halogens is 1. The van der Waals surface area contributed by atoms with Gasteiger partial charge in [0.1, 0.15) is 4.90 Å². The normalized spacial score (nSPS) is 11.6. The summed E-state index contributed by atoms with van der Waals surface area (Å²) in [6.07, 6.45) is 0. The van der Waals surface area contributed by atoms with Crippen molar-refractivity contribution in [2.24, 2.45) is 5.73 Å². The van der Waals surface area contributed by atoms with Crippen LogP contribution in [0.2, 0.25) is 5.02 Å². The summed E-state index contributed by atoms with van der Waals surface area (Å²) >= 11 is 5.98. The van der Waals surface area contributed by atoms with Gasteiger partial charge in [0.25, 0.3) is 10.0 Å². The fraction of sp³-hybridized carbons (Fsp3) is 0.250.